The van der Waals surface area contributed by atoms with Crippen LogP contribution in [-0.2, 0) is 11.0 Å². The Labute approximate surface area is 238 Å². The van der Waals surface area contributed by atoms with Crippen molar-refractivity contribution in [2.75, 3.05) is 18.8 Å². The molecule has 9 nitrogen and oxygen atoms in total. The number of nitrogens with zero attached hydrogens (tertiary/aromatic N) is 4. The maximum atomic E-state index is 15.0. The Kier molecular flexibility index (Phi) is 7.97. The third-order valence-electron chi connectivity index (χ3n) is 6.99. The third kappa shape index (κ3) is 5.69. The molecule has 1 saturated heterocycles. The predicted molar refractivity (Wildman–Crippen MR) is 127 cm³/mol. The minimum atomic E-state index is -6.30. The number of carbonyl (C=O) groups is 2. The first kappa shape index (κ1) is 32.7. The predicted octanol–water partition coefficient (Wildman–Crippen LogP) is 3.97. The lowest BCUT2D eigenvalue weighted by Gasteiger charge is -2.32. The van der Waals surface area contributed by atoms with Crippen molar-refractivity contribution < 1.29 is 63.0 Å². The quantitative estimate of drug-likeness (QED) is 0.360. The number of aryl methyl sites for hydroxylation is 1. The summed E-state index contributed by atoms with van der Waals surface area (Å²) >= 11 is 0. The highest BCUT2D eigenvalue weighted by molar-refractivity contribution is 5.97. The van der Waals surface area contributed by atoms with Gasteiger partial charge in [-0.25, -0.2) is 18.3 Å². The van der Waals surface area contributed by atoms with E-state index in [1.54, 1.807) is 0 Å². The number of amides is 2. The number of halogens is 11. The van der Waals surface area contributed by atoms with E-state index in [1.807, 2.05) is 0 Å². The van der Waals surface area contributed by atoms with Crippen LogP contribution < -0.4 is 11.1 Å². The molecule has 0 bridgehead atoms. The molecule has 2 aromatic heterocycles. The number of nitrogens with two attached hydrogens (primary N) is 1. The van der Waals surface area contributed by atoms with Gasteiger partial charge in [-0.1, -0.05) is 0 Å². The molecule has 1 aliphatic heterocycles. The fraction of sp³-hybridized carbons (Fsp3) is 0.417. The molecule has 0 radical (unpaired) electrons. The number of aromatic nitrogens is 3. The summed E-state index contributed by atoms with van der Waals surface area (Å²) in [4.78, 5) is 29.0. The average molecular weight is 648 g/mol. The Morgan fingerprint density at radius 3 is 2.23 bits per heavy atom. The van der Waals surface area contributed by atoms with Crippen molar-refractivity contribution in [2.24, 2.45) is 0 Å². The van der Waals surface area contributed by atoms with Crippen molar-refractivity contribution in [3.05, 3.63) is 47.0 Å². The smallest absolute Gasteiger partial charge is 0.382 e. The van der Waals surface area contributed by atoms with Crippen LogP contribution in [0.3, 0.4) is 0 Å². The molecule has 0 unspecified atom stereocenters. The molecule has 3 aromatic rings. The summed E-state index contributed by atoms with van der Waals surface area (Å²) < 4.78 is 149. The van der Waals surface area contributed by atoms with Crippen molar-refractivity contribution in [2.45, 2.75) is 49.7 Å². The number of likely N-dealkylation sites (tertiary alicyclic amines) is 1. The van der Waals surface area contributed by atoms with E-state index in [1.165, 1.54) is 6.92 Å². The van der Waals surface area contributed by atoms with Crippen LogP contribution in [0.4, 0.5) is 54.1 Å². The Morgan fingerprint density at radius 2 is 1.66 bits per heavy atom. The van der Waals surface area contributed by atoms with E-state index < -0.39 is 107 Å². The van der Waals surface area contributed by atoms with Gasteiger partial charge in [-0.2, -0.15) is 44.6 Å². The molecule has 240 valence electrons. The van der Waals surface area contributed by atoms with Crippen LogP contribution >= 0.6 is 0 Å². The molecule has 0 aliphatic carbocycles. The summed E-state index contributed by atoms with van der Waals surface area (Å²) in [7, 11) is 0. The van der Waals surface area contributed by atoms with Crippen molar-refractivity contribution in [3.8, 4) is 11.3 Å². The average Bonchev–Trinajstić information content (AvgIpc) is 3.44. The highest BCUT2D eigenvalue weighted by atomic mass is 19.4. The number of fused-ring (bicyclic) bond motifs is 1. The van der Waals surface area contributed by atoms with Crippen molar-refractivity contribution in [1.29, 1.82) is 0 Å². The van der Waals surface area contributed by atoms with E-state index in [0.29, 0.717) is 10.6 Å². The molecule has 4 rings (SSSR count). The first-order valence-corrected chi connectivity index (χ1v) is 12.1. The second kappa shape index (κ2) is 10.7. The maximum Gasteiger partial charge on any atom is 0.426 e. The third-order valence-corrected chi connectivity index (χ3v) is 6.99. The van der Waals surface area contributed by atoms with Gasteiger partial charge in [0, 0.05) is 17.7 Å². The molecule has 3 heterocycles. The van der Waals surface area contributed by atoms with E-state index in [2.05, 4.69) is 15.4 Å². The van der Waals surface area contributed by atoms with Gasteiger partial charge in [0.15, 0.2) is 5.82 Å². The first-order valence-electron chi connectivity index (χ1n) is 12.1. The van der Waals surface area contributed by atoms with Crippen LogP contribution in [0.5, 0.6) is 0 Å². The second-order valence-corrected chi connectivity index (χ2v) is 9.92. The van der Waals surface area contributed by atoms with E-state index in [9.17, 15) is 58.6 Å². The highest BCUT2D eigenvalue weighted by Gasteiger charge is 2.71. The number of aliphatic hydroxyl groups is 1. The van der Waals surface area contributed by atoms with Crippen LogP contribution in [0.1, 0.15) is 27.9 Å². The number of nitrogen functional groups attached to an aromatic ring is 1. The van der Waals surface area contributed by atoms with Crippen LogP contribution in [0.15, 0.2) is 24.5 Å². The van der Waals surface area contributed by atoms with Crippen LogP contribution in [0.2, 0.25) is 0 Å². The Morgan fingerprint density at radius 1 is 1.05 bits per heavy atom. The minimum Gasteiger partial charge on any atom is -0.382 e. The highest BCUT2D eigenvalue weighted by Crippen LogP contribution is 2.46. The zero-order chi connectivity index (χ0) is 33.2. The van der Waals surface area contributed by atoms with Gasteiger partial charge in [-0.15, -0.1) is 0 Å². The molecule has 0 spiro atoms. The number of benzene rings is 1. The number of nitrogens with one attached hydrogen (secondary N) is 1. The number of hydrogen-bond acceptors (Lipinski definition) is 6. The summed E-state index contributed by atoms with van der Waals surface area (Å²) in [6.45, 7) is -0.730. The van der Waals surface area contributed by atoms with E-state index in [0.717, 1.165) is 18.5 Å². The lowest BCUT2D eigenvalue weighted by Crippen LogP contribution is -2.59. The summed E-state index contributed by atoms with van der Waals surface area (Å²) in [5, 5.41) is 15.0. The molecule has 1 aromatic carbocycles. The number of rotatable bonds is 5. The molecular weight excluding hydrogens is 629 g/mol. The van der Waals surface area contributed by atoms with Crippen LogP contribution in [0.25, 0.3) is 16.8 Å². The molecule has 4 N–H and O–H groups in total. The van der Waals surface area contributed by atoms with Gasteiger partial charge in [-0.3, -0.25) is 9.59 Å². The van der Waals surface area contributed by atoms with Gasteiger partial charge >= 0.3 is 18.5 Å². The summed E-state index contributed by atoms with van der Waals surface area (Å²) in [5.74, 6) is -4.78. The Bertz CT molecular complexity index is 1600. The van der Waals surface area contributed by atoms with Crippen molar-refractivity contribution in [1.82, 2.24) is 24.8 Å². The van der Waals surface area contributed by atoms with Gasteiger partial charge in [0.05, 0.1) is 30.3 Å². The molecule has 2 atom stereocenters. The molecule has 44 heavy (non-hydrogen) atoms. The normalized spacial score (nSPS) is 18.2. The summed E-state index contributed by atoms with van der Waals surface area (Å²) in [5.41, 5.74) is -3.47. The van der Waals surface area contributed by atoms with Gasteiger partial charge < -0.3 is 21.1 Å². The molecular formula is C24H19F11N6O3. The van der Waals surface area contributed by atoms with Crippen molar-refractivity contribution in [3.63, 3.8) is 0 Å². The Balaban J connectivity index is 1.61. The van der Waals surface area contributed by atoms with Crippen LogP contribution in [-0.4, -0.2) is 79.7 Å². The first-order chi connectivity index (χ1) is 20.1. The second-order valence-electron chi connectivity index (χ2n) is 9.92. The fourth-order valence-corrected chi connectivity index (χ4v) is 4.63. The van der Waals surface area contributed by atoms with E-state index >= 15 is 4.39 Å². The number of carbonyl (C=O) groups excluding carboxylic acids is 2. The van der Waals surface area contributed by atoms with Crippen molar-refractivity contribution >= 4 is 23.1 Å². The summed E-state index contributed by atoms with van der Waals surface area (Å²) in [6.07, 6.45) is -21.5. The largest absolute Gasteiger partial charge is 0.426 e. The zero-order valence-electron chi connectivity index (χ0n) is 21.9. The minimum absolute atomic E-state index is 0.100. The van der Waals surface area contributed by atoms with Gasteiger partial charge in [-0.05, 0) is 30.7 Å². The standard InChI is InChI=1S/C24H19F11N6O3/c1-9-2-13(25)11(16-4-12(22(27,28)29)18-19(36)37-8-38-41(16)18)3-10(9)20(43)39-15-7-40(6-14(15)26)17(42)5-21(44,23(30,31)32)24(33,34)35/h2-4,8,14-15,44H,5-7H2,1H3,(H,39,43)(H2,36,37,38)/t14-,15+/m0/s1. The zero-order valence-corrected chi connectivity index (χ0v) is 21.9. The van der Waals surface area contributed by atoms with Crippen LogP contribution in [0, 0.1) is 12.7 Å². The molecule has 20 heteroatoms. The Hall–Kier alpha value is -4.23. The SMILES string of the molecule is Cc1cc(F)c(-c2cc(C(F)(F)F)c3c(N)ncnn23)cc1C(=O)N[C@@H]1CN(C(=O)CC(O)(C(F)(F)F)C(F)(F)F)C[C@@H]1F. The van der Waals surface area contributed by atoms with Gasteiger partial charge in [0.2, 0.25) is 5.91 Å². The summed E-state index contributed by atoms with van der Waals surface area (Å²) in [6, 6.07) is 0.422. The molecule has 2 amide bonds. The molecule has 0 saturated carbocycles. The van der Waals surface area contributed by atoms with Gasteiger partial charge in [0.25, 0.3) is 11.5 Å². The number of anilines is 1. The number of alkyl halides is 10. The monoisotopic (exact) mass is 648 g/mol. The van der Waals surface area contributed by atoms with Gasteiger partial charge in [0.1, 0.15) is 23.8 Å². The lowest BCUT2D eigenvalue weighted by atomic mass is 9.97. The lowest BCUT2D eigenvalue weighted by molar-refractivity contribution is -0.367. The van der Waals surface area contributed by atoms with E-state index in [4.69, 9.17) is 5.73 Å². The molecule has 1 fully saturated rings. The van der Waals surface area contributed by atoms with E-state index in [-0.39, 0.29) is 10.5 Å². The fourth-order valence-electron chi connectivity index (χ4n) is 4.63. The maximum absolute atomic E-state index is 15.0. The topological polar surface area (TPSA) is 126 Å². The number of hydrogen-bond donors (Lipinski definition) is 3. The molecule has 1 aliphatic rings.